The van der Waals surface area contributed by atoms with Gasteiger partial charge in [0.15, 0.2) is 0 Å². The summed E-state index contributed by atoms with van der Waals surface area (Å²) in [5.74, 6) is -0.364. The molecule has 0 saturated heterocycles. The van der Waals surface area contributed by atoms with Crippen LogP contribution in [0.3, 0.4) is 0 Å². The quantitative estimate of drug-likeness (QED) is 0.701. The molecule has 0 radical (unpaired) electrons. The summed E-state index contributed by atoms with van der Waals surface area (Å²) in [6.07, 6.45) is 1.09. The van der Waals surface area contributed by atoms with Crippen molar-refractivity contribution in [3.05, 3.63) is 35.4 Å². The van der Waals surface area contributed by atoms with Crippen LogP contribution in [0.2, 0.25) is 0 Å². The van der Waals surface area contributed by atoms with Crippen molar-refractivity contribution in [2.75, 3.05) is 20.1 Å². The molecule has 1 amide bonds. The van der Waals surface area contributed by atoms with Crippen LogP contribution < -0.4 is 11.1 Å². The number of carbonyl (C=O) groups is 1. The molecule has 0 atom stereocenters. The van der Waals surface area contributed by atoms with Crippen molar-refractivity contribution in [2.24, 2.45) is 5.73 Å². The molecule has 4 nitrogen and oxygen atoms in total. The number of nitrogens with two attached hydrogens (primary N) is 1. The number of rotatable bonds is 8. The van der Waals surface area contributed by atoms with Gasteiger partial charge < -0.3 is 16.0 Å². The van der Waals surface area contributed by atoms with Crippen molar-refractivity contribution >= 4 is 5.91 Å². The fraction of sp³-hybridized carbons (Fsp3) is 0.533. The van der Waals surface area contributed by atoms with Crippen molar-refractivity contribution in [1.82, 2.24) is 10.2 Å². The number of carbonyl (C=O) groups excluding carboxylic acids is 1. The average molecular weight is 263 g/mol. The Kier molecular flexibility index (Phi) is 6.53. The largest absolute Gasteiger partial charge is 0.366 e. The number of hydrogen-bond acceptors (Lipinski definition) is 3. The minimum atomic E-state index is -0.364. The maximum Gasteiger partial charge on any atom is 0.249 e. The fourth-order valence-corrected chi connectivity index (χ4v) is 1.85. The fourth-order valence-electron chi connectivity index (χ4n) is 1.85. The normalized spacial score (nSPS) is 11.2. The van der Waals surface area contributed by atoms with Crippen LogP contribution >= 0.6 is 0 Å². The molecular formula is C15H25N3O. The molecule has 106 valence electrons. The third-order valence-corrected chi connectivity index (χ3v) is 3.34. The van der Waals surface area contributed by atoms with Gasteiger partial charge in [-0.25, -0.2) is 0 Å². The molecule has 0 saturated carbocycles. The van der Waals surface area contributed by atoms with E-state index >= 15 is 0 Å². The molecule has 3 N–H and O–H groups in total. The molecule has 19 heavy (non-hydrogen) atoms. The van der Waals surface area contributed by atoms with Crippen LogP contribution in [0.25, 0.3) is 0 Å². The van der Waals surface area contributed by atoms with E-state index in [1.54, 1.807) is 6.07 Å². The molecule has 4 heteroatoms. The van der Waals surface area contributed by atoms with Crippen LogP contribution in [0.1, 0.15) is 36.2 Å². The van der Waals surface area contributed by atoms with Crippen LogP contribution in [0.5, 0.6) is 0 Å². The first-order valence-corrected chi connectivity index (χ1v) is 6.81. The molecule has 0 fully saturated rings. The molecule has 0 aliphatic carbocycles. The van der Waals surface area contributed by atoms with Gasteiger partial charge in [-0.1, -0.05) is 18.2 Å². The summed E-state index contributed by atoms with van der Waals surface area (Å²) < 4.78 is 0. The third kappa shape index (κ3) is 5.41. The van der Waals surface area contributed by atoms with E-state index in [-0.39, 0.29) is 5.91 Å². The summed E-state index contributed by atoms with van der Waals surface area (Å²) in [5.41, 5.74) is 6.92. The van der Waals surface area contributed by atoms with E-state index in [0.29, 0.717) is 18.2 Å². The van der Waals surface area contributed by atoms with Gasteiger partial charge in [0.05, 0.1) is 0 Å². The molecule has 0 aliphatic heterocycles. The van der Waals surface area contributed by atoms with Gasteiger partial charge >= 0.3 is 0 Å². The molecule has 0 unspecified atom stereocenters. The lowest BCUT2D eigenvalue weighted by Crippen LogP contribution is -2.29. The monoisotopic (exact) mass is 263 g/mol. The number of benzene rings is 1. The predicted molar refractivity (Wildman–Crippen MR) is 79.0 cm³/mol. The Morgan fingerprint density at radius 2 is 2.05 bits per heavy atom. The Morgan fingerprint density at radius 3 is 2.68 bits per heavy atom. The van der Waals surface area contributed by atoms with E-state index in [0.717, 1.165) is 25.1 Å². The summed E-state index contributed by atoms with van der Waals surface area (Å²) in [4.78, 5) is 13.6. The Labute approximate surface area is 116 Å². The average Bonchev–Trinajstić information content (AvgIpc) is 2.38. The number of hydrogen-bond donors (Lipinski definition) is 2. The Hall–Kier alpha value is -1.39. The van der Waals surface area contributed by atoms with Crippen LogP contribution in [-0.2, 0) is 6.54 Å². The number of nitrogens with zero attached hydrogens (tertiary/aromatic N) is 1. The number of amides is 1. The van der Waals surface area contributed by atoms with E-state index < -0.39 is 0 Å². The van der Waals surface area contributed by atoms with Crippen molar-refractivity contribution in [3.8, 4) is 0 Å². The topological polar surface area (TPSA) is 58.4 Å². The van der Waals surface area contributed by atoms with Crippen molar-refractivity contribution < 1.29 is 4.79 Å². The highest BCUT2D eigenvalue weighted by atomic mass is 16.1. The summed E-state index contributed by atoms with van der Waals surface area (Å²) in [5, 5.41) is 3.36. The second-order valence-electron chi connectivity index (χ2n) is 5.13. The van der Waals surface area contributed by atoms with E-state index in [9.17, 15) is 4.79 Å². The molecule has 0 bridgehead atoms. The van der Waals surface area contributed by atoms with Crippen LogP contribution in [0.4, 0.5) is 0 Å². The molecule has 1 aromatic carbocycles. The highest BCUT2D eigenvalue weighted by Crippen LogP contribution is 2.07. The summed E-state index contributed by atoms with van der Waals surface area (Å²) >= 11 is 0. The predicted octanol–water partition coefficient (Wildman–Crippen LogP) is 1.61. The standard InChI is InChI=1S/C15H25N3O/c1-12(2)18(3)10-6-9-17-11-13-7-4-5-8-14(13)15(16)19/h4-5,7-8,12,17H,6,9-11H2,1-3H3,(H2,16,19). The molecule has 1 rings (SSSR count). The zero-order valence-electron chi connectivity index (χ0n) is 12.1. The molecule has 0 heterocycles. The molecule has 0 spiro atoms. The zero-order chi connectivity index (χ0) is 14.3. The van der Waals surface area contributed by atoms with E-state index in [1.807, 2.05) is 18.2 Å². The number of nitrogens with one attached hydrogen (secondary N) is 1. The molecule has 0 aliphatic rings. The lowest BCUT2D eigenvalue weighted by atomic mass is 10.1. The van der Waals surface area contributed by atoms with Gasteiger partial charge in [0, 0.05) is 18.2 Å². The van der Waals surface area contributed by atoms with Crippen LogP contribution in [-0.4, -0.2) is 37.0 Å². The maximum absolute atomic E-state index is 11.3. The minimum absolute atomic E-state index is 0.364. The Morgan fingerprint density at radius 1 is 1.37 bits per heavy atom. The highest BCUT2D eigenvalue weighted by molar-refractivity contribution is 5.94. The lowest BCUT2D eigenvalue weighted by Gasteiger charge is -2.20. The van der Waals surface area contributed by atoms with Gasteiger partial charge in [0.2, 0.25) is 5.91 Å². The van der Waals surface area contributed by atoms with Gasteiger partial charge in [-0.15, -0.1) is 0 Å². The van der Waals surface area contributed by atoms with Crippen LogP contribution in [0.15, 0.2) is 24.3 Å². The summed E-state index contributed by atoms with van der Waals surface area (Å²) in [6, 6.07) is 8.05. The smallest absolute Gasteiger partial charge is 0.249 e. The maximum atomic E-state index is 11.3. The third-order valence-electron chi connectivity index (χ3n) is 3.34. The van der Waals surface area contributed by atoms with Gasteiger partial charge in [-0.2, -0.15) is 0 Å². The van der Waals surface area contributed by atoms with E-state index in [4.69, 9.17) is 5.73 Å². The van der Waals surface area contributed by atoms with Gasteiger partial charge in [-0.05, 0) is 52.0 Å². The first kappa shape index (κ1) is 15.7. The Balaban J connectivity index is 2.32. The van der Waals surface area contributed by atoms with E-state index in [1.165, 1.54) is 0 Å². The summed E-state index contributed by atoms with van der Waals surface area (Å²) in [7, 11) is 2.13. The van der Waals surface area contributed by atoms with E-state index in [2.05, 4.69) is 31.1 Å². The second-order valence-corrected chi connectivity index (χ2v) is 5.13. The highest BCUT2D eigenvalue weighted by Gasteiger charge is 2.06. The van der Waals surface area contributed by atoms with Crippen molar-refractivity contribution in [3.63, 3.8) is 0 Å². The second kappa shape index (κ2) is 7.92. The first-order chi connectivity index (χ1) is 9.02. The molecule has 0 aromatic heterocycles. The zero-order valence-corrected chi connectivity index (χ0v) is 12.1. The lowest BCUT2D eigenvalue weighted by molar-refractivity contribution is 0.0999. The van der Waals surface area contributed by atoms with Gasteiger partial charge in [0.1, 0.15) is 0 Å². The van der Waals surface area contributed by atoms with Crippen LogP contribution in [0, 0.1) is 0 Å². The Bertz CT molecular complexity index is 404. The van der Waals surface area contributed by atoms with Gasteiger partial charge in [-0.3, -0.25) is 4.79 Å². The SMILES string of the molecule is CC(C)N(C)CCCNCc1ccccc1C(N)=O. The minimum Gasteiger partial charge on any atom is -0.366 e. The summed E-state index contributed by atoms with van der Waals surface area (Å²) in [6.45, 7) is 7.07. The van der Waals surface area contributed by atoms with Crippen molar-refractivity contribution in [1.29, 1.82) is 0 Å². The first-order valence-electron chi connectivity index (χ1n) is 6.81. The van der Waals surface area contributed by atoms with Crippen molar-refractivity contribution in [2.45, 2.75) is 32.9 Å². The number of primary amides is 1. The van der Waals surface area contributed by atoms with Gasteiger partial charge in [0.25, 0.3) is 0 Å². The molecule has 1 aromatic rings. The molecular weight excluding hydrogens is 238 g/mol.